The summed E-state index contributed by atoms with van der Waals surface area (Å²) in [6.45, 7) is 2.61. The van der Waals surface area contributed by atoms with Crippen LogP contribution < -0.4 is 10.6 Å². The molecule has 1 amide bonds. The van der Waals surface area contributed by atoms with Crippen molar-refractivity contribution in [3.63, 3.8) is 0 Å². The smallest absolute Gasteiger partial charge is 0.242 e. The molecule has 0 saturated carbocycles. The lowest BCUT2D eigenvalue weighted by Gasteiger charge is -2.29. The normalized spacial score (nSPS) is 14.5. The van der Waals surface area contributed by atoms with Crippen LogP contribution in [-0.4, -0.2) is 55.5 Å². The lowest BCUT2D eigenvalue weighted by atomic mass is 10.00. The molecule has 2 rings (SSSR count). The van der Waals surface area contributed by atoms with Crippen molar-refractivity contribution in [3.8, 4) is 0 Å². The van der Waals surface area contributed by atoms with E-state index in [1.807, 2.05) is 11.0 Å². The van der Waals surface area contributed by atoms with Crippen molar-refractivity contribution in [2.45, 2.75) is 13.0 Å². The average Bonchev–Trinajstić information content (AvgIpc) is 2.57. The van der Waals surface area contributed by atoms with Gasteiger partial charge in [-0.3, -0.25) is 9.79 Å². The van der Waals surface area contributed by atoms with Crippen molar-refractivity contribution >= 4 is 23.6 Å². The van der Waals surface area contributed by atoms with Gasteiger partial charge in [-0.1, -0.05) is 24.3 Å². The largest absolute Gasteiger partial charge is 0.356 e. The molecule has 0 unspecified atom stereocenters. The highest BCUT2D eigenvalue weighted by molar-refractivity contribution is 7.98. The zero-order chi connectivity index (χ0) is 15.8. The molecule has 0 bridgehead atoms. The van der Waals surface area contributed by atoms with E-state index in [2.05, 4.69) is 40.1 Å². The number of rotatable bonds is 5. The quantitative estimate of drug-likeness (QED) is 0.485. The van der Waals surface area contributed by atoms with E-state index in [9.17, 15) is 4.79 Å². The molecule has 5 nitrogen and oxygen atoms in total. The third kappa shape index (κ3) is 4.66. The van der Waals surface area contributed by atoms with Crippen molar-refractivity contribution in [2.24, 2.45) is 4.99 Å². The second kappa shape index (κ2) is 8.68. The van der Waals surface area contributed by atoms with Crippen LogP contribution in [0.1, 0.15) is 11.1 Å². The van der Waals surface area contributed by atoms with E-state index < -0.39 is 0 Å². The molecule has 0 aromatic heterocycles. The lowest BCUT2D eigenvalue weighted by molar-refractivity contribution is -0.130. The molecule has 22 heavy (non-hydrogen) atoms. The Bertz CT molecular complexity index is 533. The maximum absolute atomic E-state index is 12.3. The number of amides is 1. The van der Waals surface area contributed by atoms with Gasteiger partial charge in [0.15, 0.2) is 5.96 Å². The second-order valence-electron chi connectivity index (χ2n) is 5.18. The summed E-state index contributed by atoms with van der Waals surface area (Å²) in [6.07, 6.45) is 3.00. The monoisotopic (exact) mass is 320 g/mol. The molecule has 1 heterocycles. The molecule has 0 saturated heterocycles. The van der Waals surface area contributed by atoms with Gasteiger partial charge in [0, 0.05) is 32.4 Å². The van der Waals surface area contributed by atoms with Crippen LogP contribution in [-0.2, 0) is 17.8 Å². The van der Waals surface area contributed by atoms with Gasteiger partial charge < -0.3 is 15.5 Å². The van der Waals surface area contributed by atoms with Crippen molar-refractivity contribution in [1.82, 2.24) is 15.5 Å². The molecule has 0 atom stereocenters. The van der Waals surface area contributed by atoms with E-state index in [0.717, 1.165) is 25.3 Å². The summed E-state index contributed by atoms with van der Waals surface area (Å²) in [5, 5.41) is 6.28. The number of hydrogen-bond acceptors (Lipinski definition) is 3. The Morgan fingerprint density at radius 3 is 2.82 bits per heavy atom. The molecular weight excluding hydrogens is 296 g/mol. The Balaban J connectivity index is 1.80. The number of nitrogens with zero attached hydrogens (tertiary/aromatic N) is 2. The fraction of sp³-hybridized carbons (Fsp3) is 0.500. The first-order chi connectivity index (χ1) is 10.7. The number of hydrogen-bond donors (Lipinski definition) is 2. The molecule has 1 aromatic carbocycles. The van der Waals surface area contributed by atoms with Gasteiger partial charge in [0.25, 0.3) is 0 Å². The topological polar surface area (TPSA) is 56.7 Å². The zero-order valence-corrected chi connectivity index (χ0v) is 14.1. The van der Waals surface area contributed by atoms with Gasteiger partial charge >= 0.3 is 0 Å². The van der Waals surface area contributed by atoms with Crippen molar-refractivity contribution in [3.05, 3.63) is 35.4 Å². The van der Waals surface area contributed by atoms with Gasteiger partial charge in [-0.05, 0) is 23.8 Å². The summed E-state index contributed by atoms with van der Waals surface area (Å²) in [7, 11) is 1.72. The summed E-state index contributed by atoms with van der Waals surface area (Å²) in [5.74, 6) is 1.81. The van der Waals surface area contributed by atoms with Gasteiger partial charge in [0.05, 0.1) is 6.54 Å². The Hall–Kier alpha value is -1.69. The number of aliphatic imine (C=N–C) groups is 1. The molecular formula is C16H24N4OS. The fourth-order valence-corrected chi connectivity index (χ4v) is 2.78. The minimum atomic E-state index is 0.113. The highest BCUT2D eigenvalue weighted by Crippen LogP contribution is 2.18. The van der Waals surface area contributed by atoms with E-state index in [0.29, 0.717) is 12.5 Å². The first-order valence-corrected chi connectivity index (χ1v) is 8.92. The van der Waals surface area contributed by atoms with E-state index in [-0.39, 0.29) is 12.5 Å². The third-order valence-electron chi connectivity index (χ3n) is 3.71. The van der Waals surface area contributed by atoms with E-state index in [1.165, 1.54) is 11.1 Å². The first kappa shape index (κ1) is 16.7. The maximum Gasteiger partial charge on any atom is 0.242 e. The van der Waals surface area contributed by atoms with Crippen LogP contribution in [0.4, 0.5) is 0 Å². The van der Waals surface area contributed by atoms with Crippen LogP contribution >= 0.6 is 11.8 Å². The molecule has 0 aliphatic carbocycles. The van der Waals surface area contributed by atoms with E-state index >= 15 is 0 Å². The highest BCUT2D eigenvalue weighted by atomic mass is 32.2. The fourth-order valence-electron chi connectivity index (χ4n) is 2.47. The number of guanidine groups is 1. The molecule has 120 valence electrons. The van der Waals surface area contributed by atoms with Gasteiger partial charge in [-0.2, -0.15) is 11.8 Å². The van der Waals surface area contributed by atoms with Crippen molar-refractivity contribution in [1.29, 1.82) is 0 Å². The summed E-state index contributed by atoms with van der Waals surface area (Å²) in [5.41, 5.74) is 2.61. The molecule has 0 fully saturated rings. The maximum atomic E-state index is 12.3. The number of nitrogens with one attached hydrogen (secondary N) is 2. The third-order valence-corrected chi connectivity index (χ3v) is 4.33. The minimum absolute atomic E-state index is 0.113. The Morgan fingerprint density at radius 2 is 2.09 bits per heavy atom. The number of fused-ring (bicyclic) bond motifs is 1. The summed E-state index contributed by atoms with van der Waals surface area (Å²) < 4.78 is 0. The zero-order valence-electron chi connectivity index (χ0n) is 13.3. The molecule has 1 aliphatic rings. The van der Waals surface area contributed by atoms with E-state index in [4.69, 9.17) is 0 Å². The molecule has 1 aromatic rings. The number of carbonyl (C=O) groups is 1. The predicted molar refractivity (Wildman–Crippen MR) is 93.3 cm³/mol. The number of thioether (sulfide) groups is 1. The Labute approximate surface area is 136 Å². The number of benzene rings is 1. The lowest BCUT2D eigenvalue weighted by Crippen LogP contribution is -2.46. The summed E-state index contributed by atoms with van der Waals surface area (Å²) >= 11 is 1.77. The molecule has 1 aliphatic heterocycles. The van der Waals surface area contributed by atoms with Crippen LogP contribution in [0.3, 0.4) is 0 Å². The first-order valence-electron chi connectivity index (χ1n) is 7.52. The number of carbonyl (C=O) groups excluding carboxylic acids is 1. The minimum Gasteiger partial charge on any atom is -0.356 e. The second-order valence-corrected chi connectivity index (χ2v) is 6.16. The molecule has 2 N–H and O–H groups in total. The SMILES string of the molecule is CN=C(NCCSC)NCC(=O)N1CCc2ccccc2C1. The van der Waals surface area contributed by atoms with Crippen LogP contribution in [0, 0.1) is 0 Å². The average molecular weight is 320 g/mol. The summed E-state index contributed by atoms with van der Waals surface area (Å²) in [4.78, 5) is 18.4. The van der Waals surface area contributed by atoms with Gasteiger partial charge in [0.1, 0.15) is 0 Å². The Kier molecular flexibility index (Phi) is 6.58. The van der Waals surface area contributed by atoms with Crippen LogP contribution in [0.15, 0.2) is 29.3 Å². The molecule has 0 radical (unpaired) electrons. The van der Waals surface area contributed by atoms with Crippen molar-refractivity contribution in [2.75, 3.05) is 38.7 Å². The van der Waals surface area contributed by atoms with E-state index in [1.54, 1.807) is 18.8 Å². The summed E-state index contributed by atoms with van der Waals surface area (Å²) in [6, 6.07) is 8.34. The highest BCUT2D eigenvalue weighted by Gasteiger charge is 2.20. The molecule has 6 heteroatoms. The van der Waals surface area contributed by atoms with Crippen molar-refractivity contribution < 1.29 is 4.79 Å². The van der Waals surface area contributed by atoms with Crippen LogP contribution in [0.5, 0.6) is 0 Å². The molecule has 0 spiro atoms. The van der Waals surface area contributed by atoms with Gasteiger partial charge in [-0.15, -0.1) is 0 Å². The predicted octanol–water partition coefficient (Wildman–Crippen LogP) is 1.10. The standard InChI is InChI=1S/C16H24N4OS/c1-17-16(18-8-10-22-2)19-11-15(21)20-9-7-13-5-3-4-6-14(13)12-20/h3-6H,7-12H2,1-2H3,(H2,17,18,19). The van der Waals surface area contributed by atoms with Crippen LogP contribution in [0.25, 0.3) is 0 Å². The van der Waals surface area contributed by atoms with Crippen LogP contribution in [0.2, 0.25) is 0 Å². The van der Waals surface area contributed by atoms with Gasteiger partial charge in [0.2, 0.25) is 5.91 Å². The Morgan fingerprint density at radius 1 is 1.32 bits per heavy atom. The van der Waals surface area contributed by atoms with Gasteiger partial charge in [-0.25, -0.2) is 0 Å².